The first-order valence-electron chi connectivity index (χ1n) is 6.46. The SMILES string of the molecule is NC1(C(=O)Nc2nc3ccc(OCC(F)(F)F)cc3s2)CC1. The normalized spacial score (nSPS) is 16.5. The predicted octanol–water partition coefficient (Wildman–Crippen LogP) is 2.67. The highest BCUT2D eigenvalue weighted by Crippen LogP contribution is 2.35. The Labute approximate surface area is 127 Å². The van der Waals surface area contributed by atoms with Crippen molar-refractivity contribution >= 4 is 32.6 Å². The van der Waals surface area contributed by atoms with Gasteiger partial charge in [-0.25, -0.2) is 4.98 Å². The van der Waals surface area contributed by atoms with Crippen LogP contribution in [-0.2, 0) is 4.79 Å². The van der Waals surface area contributed by atoms with Crippen molar-refractivity contribution in [3.63, 3.8) is 0 Å². The van der Waals surface area contributed by atoms with Crippen LogP contribution < -0.4 is 15.8 Å². The quantitative estimate of drug-likeness (QED) is 0.903. The van der Waals surface area contributed by atoms with Crippen LogP contribution in [0.2, 0.25) is 0 Å². The van der Waals surface area contributed by atoms with Crippen molar-refractivity contribution in [3.8, 4) is 5.75 Å². The van der Waals surface area contributed by atoms with Crippen molar-refractivity contribution in [2.45, 2.75) is 24.6 Å². The third-order valence-electron chi connectivity index (χ3n) is 3.22. The standard InChI is InChI=1S/C13H12F3N3O2S/c14-13(15,16)6-21-7-1-2-8-9(5-7)22-11(18-8)19-10(20)12(17)3-4-12/h1-2,5H,3-4,6,17H2,(H,18,19,20). The molecular formula is C13H12F3N3O2S. The van der Waals surface area contributed by atoms with Crippen LogP contribution in [0.5, 0.6) is 5.75 Å². The monoisotopic (exact) mass is 331 g/mol. The molecule has 1 aromatic carbocycles. The van der Waals surface area contributed by atoms with E-state index in [-0.39, 0.29) is 11.7 Å². The number of hydrogen-bond acceptors (Lipinski definition) is 5. The molecule has 0 spiro atoms. The Hall–Kier alpha value is -1.87. The number of benzene rings is 1. The lowest BCUT2D eigenvalue weighted by Crippen LogP contribution is -2.37. The Balaban J connectivity index is 1.74. The molecule has 1 aliphatic carbocycles. The van der Waals surface area contributed by atoms with Crippen molar-refractivity contribution in [1.82, 2.24) is 4.98 Å². The summed E-state index contributed by atoms with van der Waals surface area (Å²) in [7, 11) is 0. The number of carbonyl (C=O) groups is 1. The first-order valence-corrected chi connectivity index (χ1v) is 7.27. The summed E-state index contributed by atoms with van der Waals surface area (Å²) in [4.78, 5) is 16.0. The fraction of sp³-hybridized carbons (Fsp3) is 0.385. The maximum atomic E-state index is 12.1. The minimum atomic E-state index is -4.39. The molecule has 0 radical (unpaired) electrons. The van der Waals surface area contributed by atoms with Gasteiger partial charge in [0.15, 0.2) is 11.7 Å². The molecule has 22 heavy (non-hydrogen) atoms. The van der Waals surface area contributed by atoms with E-state index < -0.39 is 18.3 Å². The number of aromatic nitrogens is 1. The summed E-state index contributed by atoms with van der Waals surface area (Å²) in [6.07, 6.45) is -3.11. The smallest absolute Gasteiger partial charge is 0.422 e. The first-order chi connectivity index (χ1) is 10.3. The first kappa shape index (κ1) is 15.0. The molecule has 0 atom stereocenters. The van der Waals surface area contributed by atoms with Crippen LogP contribution in [0.1, 0.15) is 12.8 Å². The Morgan fingerprint density at radius 3 is 2.82 bits per heavy atom. The van der Waals surface area contributed by atoms with Crippen LogP contribution in [0.25, 0.3) is 10.2 Å². The van der Waals surface area contributed by atoms with Crippen LogP contribution in [0.15, 0.2) is 18.2 Å². The molecule has 0 saturated heterocycles. The number of rotatable bonds is 4. The van der Waals surface area contributed by atoms with Gasteiger partial charge in [0, 0.05) is 0 Å². The Morgan fingerprint density at radius 1 is 1.45 bits per heavy atom. The van der Waals surface area contributed by atoms with E-state index in [2.05, 4.69) is 15.0 Å². The maximum Gasteiger partial charge on any atom is 0.422 e. The summed E-state index contributed by atoms with van der Waals surface area (Å²) in [5.74, 6) is -0.191. The van der Waals surface area contributed by atoms with Crippen LogP contribution in [0, 0.1) is 0 Å². The van der Waals surface area contributed by atoms with E-state index >= 15 is 0 Å². The number of nitrogens with two attached hydrogens (primary N) is 1. The van der Waals surface area contributed by atoms with E-state index in [1.807, 2.05) is 0 Å². The minimum absolute atomic E-state index is 0.101. The molecule has 3 N–H and O–H groups in total. The Bertz CT molecular complexity index is 725. The highest BCUT2D eigenvalue weighted by molar-refractivity contribution is 7.22. The highest BCUT2D eigenvalue weighted by atomic mass is 32.1. The molecule has 2 aromatic rings. The number of carbonyl (C=O) groups excluding carboxylic acids is 1. The van der Waals surface area contributed by atoms with Gasteiger partial charge in [0.05, 0.1) is 15.8 Å². The summed E-state index contributed by atoms with van der Waals surface area (Å²) in [6, 6.07) is 4.41. The number of halogens is 3. The molecule has 5 nitrogen and oxygen atoms in total. The summed E-state index contributed by atoms with van der Waals surface area (Å²) in [6.45, 7) is -1.35. The van der Waals surface area contributed by atoms with E-state index in [9.17, 15) is 18.0 Å². The number of hydrogen-bond donors (Lipinski definition) is 2. The van der Waals surface area contributed by atoms with Gasteiger partial charge in [0.25, 0.3) is 0 Å². The van der Waals surface area contributed by atoms with Gasteiger partial charge in [-0.05, 0) is 31.0 Å². The van der Waals surface area contributed by atoms with Gasteiger partial charge in [0.2, 0.25) is 5.91 Å². The molecule has 1 aromatic heterocycles. The molecular weight excluding hydrogens is 319 g/mol. The average Bonchev–Trinajstić information content (AvgIpc) is 3.05. The molecule has 1 aliphatic rings. The zero-order chi connectivity index (χ0) is 16.0. The molecule has 1 heterocycles. The van der Waals surface area contributed by atoms with E-state index in [4.69, 9.17) is 5.73 Å². The lowest BCUT2D eigenvalue weighted by atomic mass is 10.3. The van der Waals surface area contributed by atoms with Crippen molar-refractivity contribution < 1.29 is 22.7 Å². The summed E-state index contributed by atoms with van der Waals surface area (Å²) in [5, 5.41) is 3.00. The largest absolute Gasteiger partial charge is 0.484 e. The van der Waals surface area contributed by atoms with Crippen molar-refractivity contribution in [3.05, 3.63) is 18.2 Å². The van der Waals surface area contributed by atoms with E-state index in [1.54, 1.807) is 6.07 Å². The molecule has 1 fully saturated rings. The molecule has 0 unspecified atom stereocenters. The molecule has 0 bridgehead atoms. The number of amides is 1. The number of fused-ring (bicyclic) bond motifs is 1. The zero-order valence-electron chi connectivity index (χ0n) is 11.2. The lowest BCUT2D eigenvalue weighted by molar-refractivity contribution is -0.153. The molecule has 1 saturated carbocycles. The van der Waals surface area contributed by atoms with Gasteiger partial charge in [-0.3, -0.25) is 4.79 Å². The van der Waals surface area contributed by atoms with Gasteiger partial charge in [-0.2, -0.15) is 13.2 Å². The van der Waals surface area contributed by atoms with Crippen molar-refractivity contribution in [2.75, 3.05) is 11.9 Å². The van der Waals surface area contributed by atoms with E-state index in [0.717, 1.165) is 11.3 Å². The summed E-state index contributed by atoms with van der Waals surface area (Å²) >= 11 is 1.16. The number of thiazole rings is 1. The van der Waals surface area contributed by atoms with Crippen LogP contribution in [0.4, 0.5) is 18.3 Å². The second-order valence-electron chi connectivity index (χ2n) is 5.16. The predicted molar refractivity (Wildman–Crippen MR) is 76.0 cm³/mol. The van der Waals surface area contributed by atoms with Gasteiger partial charge in [-0.1, -0.05) is 11.3 Å². The molecule has 0 aliphatic heterocycles. The number of nitrogens with one attached hydrogen (secondary N) is 1. The third kappa shape index (κ3) is 3.30. The van der Waals surface area contributed by atoms with Crippen LogP contribution in [0.3, 0.4) is 0 Å². The summed E-state index contributed by atoms with van der Waals surface area (Å²) < 4.78 is 41.7. The van der Waals surface area contributed by atoms with Crippen LogP contribution >= 0.6 is 11.3 Å². The second-order valence-corrected chi connectivity index (χ2v) is 6.19. The molecule has 3 rings (SSSR count). The van der Waals surface area contributed by atoms with Gasteiger partial charge in [-0.15, -0.1) is 0 Å². The van der Waals surface area contributed by atoms with Crippen molar-refractivity contribution in [1.29, 1.82) is 0 Å². The van der Waals surface area contributed by atoms with Gasteiger partial charge in [0.1, 0.15) is 5.75 Å². The molecule has 9 heteroatoms. The van der Waals surface area contributed by atoms with Crippen molar-refractivity contribution in [2.24, 2.45) is 5.73 Å². The maximum absolute atomic E-state index is 12.1. The van der Waals surface area contributed by atoms with E-state index in [0.29, 0.717) is 28.2 Å². The van der Waals surface area contributed by atoms with E-state index in [1.165, 1.54) is 12.1 Å². The fourth-order valence-electron chi connectivity index (χ4n) is 1.80. The van der Waals surface area contributed by atoms with Gasteiger partial charge < -0.3 is 15.8 Å². The van der Waals surface area contributed by atoms with Gasteiger partial charge >= 0.3 is 6.18 Å². The summed E-state index contributed by atoms with van der Waals surface area (Å²) in [5.41, 5.74) is 5.54. The number of alkyl halides is 3. The number of anilines is 1. The number of nitrogens with zero attached hydrogens (tertiary/aromatic N) is 1. The second kappa shape index (κ2) is 5.10. The molecule has 118 valence electrons. The number of ether oxygens (including phenoxy) is 1. The third-order valence-corrected chi connectivity index (χ3v) is 4.16. The highest BCUT2D eigenvalue weighted by Gasteiger charge is 2.46. The Kier molecular flexibility index (Phi) is 3.48. The average molecular weight is 331 g/mol. The van der Waals surface area contributed by atoms with Crippen LogP contribution in [-0.4, -0.2) is 29.2 Å². The zero-order valence-corrected chi connectivity index (χ0v) is 12.1. The fourth-order valence-corrected chi connectivity index (χ4v) is 2.69. The minimum Gasteiger partial charge on any atom is -0.484 e. The topological polar surface area (TPSA) is 77.2 Å². The lowest BCUT2D eigenvalue weighted by Gasteiger charge is -2.08. The molecule has 1 amide bonds. The Morgan fingerprint density at radius 2 is 2.18 bits per heavy atom.